The summed E-state index contributed by atoms with van der Waals surface area (Å²) >= 11 is 0. The van der Waals surface area contributed by atoms with Gasteiger partial charge in [0.2, 0.25) is 0 Å². The summed E-state index contributed by atoms with van der Waals surface area (Å²) in [7, 11) is 0. The predicted octanol–water partition coefficient (Wildman–Crippen LogP) is 3.19. The van der Waals surface area contributed by atoms with E-state index in [1.54, 1.807) is 12.1 Å². The smallest absolute Gasteiger partial charge is 0.123 e. The number of likely N-dealkylation sites (tertiary alicyclic amines) is 1. The molecular formula is C21H26ClNO3. The maximum absolute atomic E-state index is 10.9. The van der Waals surface area contributed by atoms with Crippen LogP contribution >= 0.6 is 12.4 Å². The van der Waals surface area contributed by atoms with Gasteiger partial charge >= 0.3 is 0 Å². The fourth-order valence-electron chi connectivity index (χ4n) is 4.00. The second-order valence-electron chi connectivity index (χ2n) is 7.42. The lowest BCUT2D eigenvalue weighted by atomic mass is 9.85. The van der Waals surface area contributed by atoms with Crippen molar-refractivity contribution in [3.8, 4) is 11.5 Å². The average molecular weight is 376 g/mol. The van der Waals surface area contributed by atoms with Crippen LogP contribution in [0.15, 0.2) is 48.5 Å². The van der Waals surface area contributed by atoms with Crippen LogP contribution in [0.3, 0.4) is 0 Å². The molecule has 26 heavy (non-hydrogen) atoms. The van der Waals surface area contributed by atoms with Crippen LogP contribution in [-0.2, 0) is 12.8 Å². The molecule has 0 bridgehead atoms. The number of aliphatic hydroxyl groups is 1. The summed E-state index contributed by atoms with van der Waals surface area (Å²) in [4.78, 5) is 2.38. The molecule has 2 N–H and O–H groups in total. The van der Waals surface area contributed by atoms with Crippen LogP contribution in [0.4, 0.5) is 0 Å². The van der Waals surface area contributed by atoms with Crippen LogP contribution in [0.5, 0.6) is 11.5 Å². The van der Waals surface area contributed by atoms with Crippen molar-refractivity contribution in [1.29, 1.82) is 0 Å². The standard InChI is InChI=1S/C21H25NO3.ClH/c23-18-6-7-20-17(12-18)13-19(25-20)15-22-10-8-21(24,9-11-22)14-16-4-2-1-3-5-16;/h1-7,12,19,23-24H,8-11,13-15H2;1H. The maximum atomic E-state index is 10.9. The Bertz CT molecular complexity index is 729. The van der Waals surface area contributed by atoms with Crippen LogP contribution in [0.2, 0.25) is 0 Å². The normalized spacial score (nSPS) is 21.5. The molecule has 2 aliphatic rings. The third kappa shape index (κ3) is 4.32. The minimum Gasteiger partial charge on any atom is -0.508 e. The molecule has 2 aliphatic heterocycles. The molecule has 1 fully saturated rings. The van der Waals surface area contributed by atoms with E-state index in [-0.39, 0.29) is 18.5 Å². The first-order valence-corrected chi connectivity index (χ1v) is 9.07. The van der Waals surface area contributed by atoms with Crippen LogP contribution in [0.1, 0.15) is 24.0 Å². The van der Waals surface area contributed by atoms with Crippen molar-refractivity contribution in [3.05, 3.63) is 59.7 Å². The van der Waals surface area contributed by atoms with E-state index in [9.17, 15) is 10.2 Å². The molecule has 0 spiro atoms. The summed E-state index contributed by atoms with van der Waals surface area (Å²) < 4.78 is 6.00. The molecule has 2 aromatic carbocycles. The molecule has 4 rings (SSSR count). The van der Waals surface area contributed by atoms with Gasteiger partial charge in [-0.1, -0.05) is 30.3 Å². The quantitative estimate of drug-likeness (QED) is 0.861. The van der Waals surface area contributed by atoms with Gasteiger partial charge in [0.1, 0.15) is 17.6 Å². The fourth-order valence-corrected chi connectivity index (χ4v) is 4.00. The monoisotopic (exact) mass is 375 g/mol. The number of fused-ring (bicyclic) bond motifs is 1. The van der Waals surface area contributed by atoms with Gasteiger partial charge in [0.15, 0.2) is 0 Å². The molecule has 1 saturated heterocycles. The van der Waals surface area contributed by atoms with E-state index >= 15 is 0 Å². The Balaban J connectivity index is 0.00000196. The third-order valence-corrected chi connectivity index (χ3v) is 5.41. The number of piperidine rings is 1. The molecule has 2 heterocycles. The first-order chi connectivity index (χ1) is 12.1. The fraction of sp³-hybridized carbons (Fsp3) is 0.429. The van der Waals surface area contributed by atoms with Crippen molar-refractivity contribution >= 4 is 12.4 Å². The van der Waals surface area contributed by atoms with E-state index in [2.05, 4.69) is 17.0 Å². The van der Waals surface area contributed by atoms with Gasteiger partial charge in [0.25, 0.3) is 0 Å². The number of rotatable bonds is 4. The number of hydrogen-bond acceptors (Lipinski definition) is 4. The number of halogens is 1. The molecule has 2 aromatic rings. The number of ether oxygens (including phenoxy) is 1. The molecule has 1 unspecified atom stereocenters. The van der Waals surface area contributed by atoms with Crippen molar-refractivity contribution in [1.82, 2.24) is 4.90 Å². The zero-order valence-electron chi connectivity index (χ0n) is 14.8. The van der Waals surface area contributed by atoms with Gasteiger partial charge in [-0.25, -0.2) is 0 Å². The molecule has 4 nitrogen and oxygen atoms in total. The van der Waals surface area contributed by atoms with Gasteiger partial charge in [-0.3, -0.25) is 4.90 Å². The van der Waals surface area contributed by atoms with Crippen molar-refractivity contribution < 1.29 is 14.9 Å². The second-order valence-corrected chi connectivity index (χ2v) is 7.42. The first-order valence-electron chi connectivity index (χ1n) is 9.07. The second kappa shape index (κ2) is 7.87. The van der Waals surface area contributed by atoms with E-state index in [0.29, 0.717) is 5.75 Å². The van der Waals surface area contributed by atoms with Crippen molar-refractivity contribution in [2.24, 2.45) is 0 Å². The summed E-state index contributed by atoms with van der Waals surface area (Å²) in [6.07, 6.45) is 3.29. The number of hydrogen-bond donors (Lipinski definition) is 2. The van der Waals surface area contributed by atoms with Crippen LogP contribution < -0.4 is 4.74 Å². The Morgan fingerprint density at radius 2 is 1.81 bits per heavy atom. The minimum absolute atomic E-state index is 0. The Kier molecular flexibility index (Phi) is 5.76. The minimum atomic E-state index is -0.594. The van der Waals surface area contributed by atoms with Crippen LogP contribution in [-0.4, -0.2) is 46.5 Å². The summed E-state index contributed by atoms with van der Waals surface area (Å²) in [5.74, 6) is 1.19. The summed E-state index contributed by atoms with van der Waals surface area (Å²) in [5, 5.41) is 20.5. The molecular weight excluding hydrogens is 350 g/mol. The highest BCUT2D eigenvalue weighted by atomic mass is 35.5. The molecule has 0 aliphatic carbocycles. The number of nitrogens with zero attached hydrogens (tertiary/aromatic N) is 1. The molecule has 0 radical (unpaired) electrons. The first kappa shape index (κ1) is 19.0. The Morgan fingerprint density at radius 1 is 1.08 bits per heavy atom. The van der Waals surface area contributed by atoms with E-state index in [4.69, 9.17) is 4.74 Å². The zero-order valence-corrected chi connectivity index (χ0v) is 15.6. The SMILES string of the molecule is Cl.Oc1ccc2c(c1)CC(CN1CCC(O)(Cc3ccccc3)CC1)O2. The number of phenolic OH excluding ortho intramolecular Hbond substituents is 1. The Labute approximate surface area is 160 Å². The Morgan fingerprint density at radius 3 is 2.54 bits per heavy atom. The van der Waals surface area contributed by atoms with Crippen molar-refractivity contribution in [2.75, 3.05) is 19.6 Å². The van der Waals surface area contributed by atoms with Gasteiger partial charge in [-0.15, -0.1) is 12.4 Å². The summed E-state index contributed by atoms with van der Waals surface area (Å²) in [5.41, 5.74) is 1.69. The lowest BCUT2D eigenvalue weighted by Gasteiger charge is -2.39. The number of aromatic hydroxyl groups is 1. The molecule has 140 valence electrons. The van der Waals surface area contributed by atoms with Gasteiger partial charge in [-0.2, -0.15) is 0 Å². The third-order valence-electron chi connectivity index (χ3n) is 5.41. The topological polar surface area (TPSA) is 52.9 Å². The number of benzene rings is 2. The van der Waals surface area contributed by atoms with E-state index in [0.717, 1.165) is 56.6 Å². The average Bonchev–Trinajstić information content (AvgIpc) is 2.99. The molecule has 1 atom stereocenters. The van der Waals surface area contributed by atoms with Gasteiger partial charge in [-0.05, 0) is 36.6 Å². The van der Waals surface area contributed by atoms with Gasteiger partial charge < -0.3 is 14.9 Å². The number of phenols is 1. The maximum Gasteiger partial charge on any atom is 0.123 e. The molecule has 5 heteroatoms. The highest BCUT2D eigenvalue weighted by Crippen LogP contribution is 2.33. The highest BCUT2D eigenvalue weighted by Gasteiger charge is 2.34. The molecule has 0 amide bonds. The van der Waals surface area contributed by atoms with E-state index < -0.39 is 5.60 Å². The van der Waals surface area contributed by atoms with Crippen LogP contribution in [0.25, 0.3) is 0 Å². The van der Waals surface area contributed by atoms with Crippen LogP contribution in [0, 0.1) is 0 Å². The Hall–Kier alpha value is -1.75. The van der Waals surface area contributed by atoms with E-state index in [1.165, 1.54) is 5.56 Å². The lowest BCUT2D eigenvalue weighted by molar-refractivity contribution is -0.0264. The zero-order chi connectivity index (χ0) is 17.3. The van der Waals surface area contributed by atoms with Gasteiger partial charge in [0, 0.05) is 38.0 Å². The lowest BCUT2D eigenvalue weighted by Crippen LogP contribution is -2.48. The van der Waals surface area contributed by atoms with E-state index in [1.807, 2.05) is 24.3 Å². The molecule has 0 saturated carbocycles. The van der Waals surface area contributed by atoms with Crippen molar-refractivity contribution in [2.45, 2.75) is 37.4 Å². The van der Waals surface area contributed by atoms with Crippen molar-refractivity contribution in [3.63, 3.8) is 0 Å². The highest BCUT2D eigenvalue weighted by molar-refractivity contribution is 5.85. The summed E-state index contributed by atoms with van der Waals surface area (Å²) in [6, 6.07) is 15.6. The molecule has 0 aromatic heterocycles. The predicted molar refractivity (Wildman–Crippen MR) is 104 cm³/mol. The largest absolute Gasteiger partial charge is 0.508 e. The van der Waals surface area contributed by atoms with Gasteiger partial charge in [0.05, 0.1) is 5.60 Å². The summed E-state index contributed by atoms with van der Waals surface area (Å²) in [6.45, 7) is 2.66.